The van der Waals surface area contributed by atoms with Gasteiger partial charge in [0, 0.05) is 11.7 Å². The molecule has 0 fully saturated rings. The Morgan fingerprint density at radius 2 is 1.90 bits per heavy atom. The summed E-state index contributed by atoms with van der Waals surface area (Å²) in [5, 5.41) is 3.03. The third-order valence-corrected chi connectivity index (χ3v) is 4.59. The summed E-state index contributed by atoms with van der Waals surface area (Å²) in [6.45, 7) is 12.7. The zero-order valence-electron chi connectivity index (χ0n) is 13.4. The number of hydrogen-bond acceptors (Lipinski definition) is 2. The molecule has 3 nitrogen and oxygen atoms in total. The van der Waals surface area contributed by atoms with Gasteiger partial charge in [-0.25, -0.2) is 0 Å². The Bertz CT molecular complexity index is 555. The van der Waals surface area contributed by atoms with Crippen LogP contribution in [0.15, 0.2) is 6.07 Å². The van der Waals surface area contributed by atoms with Gasteiger partial charge in [0.25, 0.3) is 0 Å². The van der Waals surface area contributed by atoms with Crippen molar-refractivity contribution in [2.45, 2.75) is 59.9 Å². The summed E-state index contributed by atoms with van der Waals surface area (Å²) in [5.41, 5.74) is 12.1. The smallest absolute Gasteiger partial charge is 0.232 e. The van der Waals surface area contributed by atoms with Crippen LogP contribution >= 0.6 is 0 Å². The lowest BCUT2D eigenvalue weighted by molar-refractivity contribution is -0.117. The van der Waals surface area contributed by atoms with Crippen molar-refractivity contribution in [2.24, 2.45) is 11.1 Å². The molecule has 110 valence electrons. The first-order valence-electron chi connectivity index (χ1n) is 7.38. The van der Waals surface area contributed by atoms with Gasteiger partial charge in [0.2, 0.25) is 5.91 Å². The summed E-state index contributed by atoms with van der Waals surface area (Å²) in [4.78, 5) is 12.1. The van der Waals surface area contributed by atoms with E-state index in [1.165, 1.54) is 11.1 Å². The van der Waals surface area contributed by atoms with Crippen molar-refractivity contribution >= 4 is 11.6 Å². The van der Waals surface area contributed by atoms with Gasteiger partial charge in [-0.05, 0) is 47.9 Å². The molecular formula is C17H26N2O. The summed E-state index contributed by atoms with van der Waals surface area (Å²) < 4.78 is 0. The fourth-order valence-electron chi connectivity index (χ4n) is 2.96. The van der Waals surface area contributed by atoms with Gasteiger partial charge in [0.05, 0.1) is 5.92 Å². The van der Waals surface area contributed by atoms with Crippen molar-refractivity contribution in [3.05, 3.63) is 28.3 Å². The third-order valence-electron chi connectivity index (χ3n) is 4.59. The molecule has 0 spiro atoms. The number of amides is 1. The summed E-state index contributed by atoms with van der Waals surface area (Å²) in [6, 6.07) is 2.12. The van der Waals surface area contributed by atoms with E-state index in [0.717, 1.165) is 23.2 Å². The summed E-state index contributed by atoms with van der Waals surface area (Å²) in [5.74, 6) is 0.0849. The lowest BCUT2D eigenvalue weighted by Gasteiger charge is -2.30. The number of benzene rings is 1. The molecule has 2 rings (SSSR count). The standard InChI is InChI=1S/C17H26N2O/c1-7-11-13-8-12(15(18)17(4,5)6)9(2)10(3)14(13)19-16(11)20/h8,11,15H,7,18H2,1-6H3,(H,19,20). The minimum atomic E-state index is -0.0322. The zero-order valence-corrected chi connectivity index (χ0v) is 13.4. The molecule has 2 atom stereocenters. The molecule has 0 aliphatic carbocycles. The Morgan fingerprint density at radius 1 is 1.30 bits per heavy atom. The SMILES string of the molecule is CCC1C(=O)Nc2c1cc(C(N)C(C)(C)C)c(C)c2C. The molecule has 0 bridgehead atoms. The lowest BCUT2D eigenvalue weighted by Crippen LogP contribution is -2.27. The van der Waals surface area contributed by atoms with E-state index in [2.05, 4.69) is 52.9 Å². The first kappa shape index (κ1) is 15.0. The average Bonchev–Trinajstić information content (AvgIpc) is 2.67. The normalized spacial score (nSPS) is 19.8. The van der Waals surface area contributed by atoms with Gasteiger partial charge in [-0.2, -0.15) is 0 Å². The number of rotatable bonds is 2. The molecule has 0 saturated heterocycles. The number of hydrogen-bond donors (Lipinski definition) is 2. The zero-order chi connectivity index (χ0) is 15.2. The van der Waals surface area contributed by atoms with Crippen molar-refractivity contribution in [1.82, 2.24) is 0 Å². The summed E-state index contributed by atoms with van der Waals surface area (Å²) in [6.07, 6.45) is 0.825. The molecule has 1 amide bonds. The highest BCUT2D eigenvalue weighted by Crippen LogP contribution is 2.42. The molecular weight excluding hydrogens is 248 g/mol. The van der Waals surface area contributed by atoms with Crippen molar-refractivity contribution < 1.29 is 4.79 Å². The second kappa shape index (κ2) is 4.88. The van der Waals surface area contributed by atoms with Gasteiger partial charge in [-0.15, -0.1) is 0 Å². The Labute approximate surface area is 121 Å². The van der Waals surface area contributed by atoms with Gasteiger partial charge in [-0.3, -0.25) is 4.79 Å². The highest BCUT2D eigenvalue weighted by Gasteiger charge is 2.33. The fourth-order valence-corrected chi connectivity index (χ4v) is 2.96. The predicted octanol–water partition coefficient (Wildman–Crippen LogP) is 3.80. The van der Waals surface area contributed by atoms with Crippen molar-refractivity contribution in [3.8, 4) is 0 Å². The van der Waals surface area contributed by atoms with Crippen LogP contribution in [0.5, 0.6) is 0 Å². The summed E-state index contributed by atoms with van der Waals surface area (Å²) >= 11 is 0. The van der Waals surface area contributed by atoms with Crippen molar-refractivity contribution in [2.75, 3.05) is 5.32 Å². The minimum Gasteiger partial charge on any atom is -0.325 e. The molecule has 3 N–H and O–H groups in total. The van der Waals surface area contributed by atoms with Crippen LogP contribution in [0.2, 0.25) is 0 Å². The number of anilines is 1. The van der Waals surface area contributed by atoms with Crippen LogP contribution in [0.1, 0.15) is 68.3 Å². The molecule has 3 heteroatoms. The number of carbonyl (C=O) groups excluding carboxylic acids is 1. The van der Waals surface area contributed by atoms with Gasteiger partial charge < -0.3 is 11.1 Å². The van der Waals surface area contributed by atoms with Crippen LogP contribution in [-0.4, -0.2) is 5.91 Å². The fraction of sp³-hybridized carbons (Fsp3) is 0.588. The molecule has 0 saturated carbocycles. The van der Waals surface area contributed by atoms with Gasteiger partial charge >= 0.3 is 0 Å². The maximum atomic E-state index is 12.1. The van der Waals surface area contributed by atoms with E-state index in [9.17, 15) is 4.79 Å². The summed E-state index contributed by atoms with van der Waals surface area (Å²) in [7, 11) is 0. The topological polar surface area (TPSA) is 55.1 Å². The van der Waals surface area contributed by atoms with Crippen LogP contribution in [0.3, 0.4) is 0 Å². The molecule has 2 unspecified atom stereocenters. The molecule has 1 aliphatic heterocycles. The first-order valence-corrected chi connectivity index (χ1v) is 7.38. The van der Waals surface area contributed by atoms with Crippen molar-refractivity contribution in [1.29, 1.82) is 0 Å². The highest BCUT2D eigenvalue weighted by atomic mass is 16.2. The maximum Gasteiger partial charge on any atom is 0.232 e. The molecule has 1 aromatic carbocycles. The lowest BCUT2D eigenvalue weighted by atomic mass is 9.79. The number of carbonyl (C=O) groups is 1. The van der Waals surface area contributed by atoms with E-state index in [1.807, 2.05) is 0 Å². The van der Waals surface area contributed by atoms with E-state index in [-0.39, 0.29) is 23.3 Å². The molecule has 1 aliphatic rings. The number of nitrogens with two attached hydrogens (primary N) is 1. The van der Waals surface area contributed by atoms with Crippen LogP contribution in [0.4, 0.5) is 5.69 Å². The molecule has 0 radical (unpaired) electrons. The van der Waals surface area contributed by atoms with E-state index >= 15 is 0 Å². The molecule has 0 aromatic heterocycles. The minimum absolute atomic E-state index is 0.00316. The van der Waals surface area contributed by atoms with Crippen LogP contribution in [0.25, 0.3) is 0 Å². The van der Waals surface area contributed by atoms with Gasteiger partial charge in [0.1, 0.15) is 0 Å². The Balaban J connectivity index is 2.61. The third kappa shape index (κ3) is 2.24. The van der Waals surface area contributed by atoms with E-state index in [0.29, 0.717) is 0 Å². The van der Waals surface area contributed by atoms with Crippen molar-refractivity contribution in [3.63, 3.8) is 0 Å². The second-order valence-electron chi connectivity index (χ2n) is 6.97. The largest absolute Gasteiger partial charge is 0.325 e. The Kier molecular flexibility index (Phi) is 3.67. The van der Waals surface area contributed by atoms with E-state index in [4.69, 9.17) is 5.73 Å². The molecule has 1 heterocycles. The number of fused-ring (bicyclic) bond motifs is 1. The van der Waals surface area contributed by atoms with E-state index < -0.39 is 0 Å². The van der Waals surface area contributed by atoms with Crippen LogP contribution in [0, 0.1) is 19.3 Å². The average molecular weight is 274 g/mol. The second-order valence-corrected chi connectivity index (χ2v) is 6.97. The quantitative estimate of drug-likeness (QED) is 0.862. The Hall–Kier alpha value is -1.35. The highest BCUT2D eigenvalue weighted by molar-refractivity contribution is 6.04. The van der Waals surface area contributed by atoms with E-state index in [1.54, 1.807) is 0 Å². The predicted molar refractivity (Wildman–Crippen MR) is 84.0 cm³/mol. The molecule has 1 aromatic rings. The van der Waals surface area contributed by atoms with Gasteiger partial charge in [-0.1, -0.05) is 33.8 Å². The molecule has 20 heavy (non-hydrogen) atoms. The number of nitrogens with one attached hydrogen (secondary N) is 1. The van der Waals surface area contributed by atoms with Crippen LogP contribution in [-0.2, 0) is 4.79 Å². The monoisotopic (exact) mass is 274 g/mol. The Morgan fingerprint density at radius 3 is 2.40 bits per heavy atom. The van der Waals surface area contributed by atoms with Gasteiger partial charge in [0.15, 0.2) is 0 Å². The van der Waals surface area contributed by atoms with Crippen LogP contribution < -0.4 is 11.1 Å². The first-order chi connectivity index (χ1) is 9.18. The maximum absolute atomic E-state index is 12.1.